The molecule has 0 aromatic carbocycles. The van der Waals surface area contributed by atoms with Crippen molar-refractivity contribution in [1.29, 1.82) is 0 Å². The molecule has 0 fully saturated rings. The topological polar surface area (TPSA) is 29.5 Å². The molecule has 0 rings (SSSR count). The minimum Gasteiger partial charge on any atom is -0.464 e. The highest BCUT2D eigenvalue weighted by Crippen LogP contribution is 2.44. The monoisotopic (exact) mass is 285 g/mol. The van der Waals surface area contributed by atoms with Crippen molar-refractivity contribution in [2.75, 3.05) is 27.2 Å². The van der Waals surface area contributed by atoms with Crippen LogP contribution >= 0.6 is 0 Å². The number of rotatable bonds is 9. The quantitative estimate of drug-likeness (QED) is 0.600. The van der Waals surface area contributed by atoms with Gasteiger partial charge in [0.2, 0.25) is 0 Å². The van der Waals surface area contributed by atoms with Gasteiger partial charge in [0.15, 0.2) is 0 Å². The van der Waals surface area contributed by atoms with Gasteiger partial charge in [0.05, 0.1) is 5.41 Å². The first kappa shape index (κ1) is 19.4. The molecule has 20 heavy (non-hydrogen) atoms. The van der Waals surface area contributed by atoms with Crippen molar-refractivity contribution >= 4 is 5.97 Å². The molecule has 0 bridgehead atoms. The molecule has 0 aromatic heterocycles. The fraction of sp³-hybridized carbons (Fsp3) is 0.941. The van der Waals surface area contributed by atoms with Crippen LogP contribution in [0.3, 0.4) is 0 Å². The van der Waals surface area contributed by atoms with Gasteiger partial charge in [-0.15, -0.1) is 0 Å². The molecule has 0 amide bonds. The van der Waals surface area contributed by atoms with Crippen molar-refractivity contribution in [1.82, 2.24) is 4.90 Å². The van der Waals surface area contributed by atoms with Crippen molar-refractivity contribution in [3.05, 3.63) is 0 Å². The van der Waals surface area contributed by atoms with E-state index in [1.165, 1.54) is 0 Å². The highest BCUT2D eigenvalue weighted by atomic mass is 16.5. The highest BCUT2D eigenvalue weighted by Gasteiger charge is 2.42. The smallest absolute Gasteiger partial charge is 0.312 e. The van der Waals surface area contributed by atoms with Crippen molar-refractivity contribution in [2.24, 2.45) is 16.7 Å². The Hall–Kier alpha value is -0.570. The van der Waals surface area contributed by atoms with Gasteiger partial charge in [-0.3, -0.25) is 4.79 Å². The Bertz CT molecular complexity index is 295. The van der Waals surface area contributed by atoms with E-state index in [1.807, 2.05) is 19.0 Å². The van der Waals surface area contributed by atoms with E-state index in [0.717, 1.165) is 25.8 Å². The number of hydrogen-bond donors (Lipinski definition) is 0. The van der Waals surface area contributed by atoms with E-state index in [-0.39, 0.29) is 17.3 Å². The van der Waals surface area contributed by atoms with E-state index < -0.39 is 5.41 Å². The fourth-order valence-electron chi connectivity index (χ4n) is 2.38. The molecule has 0 radical (unpaired) electrons. The summed E-state index contributed by atoms with van der Waals surface area (Å²) in [6.07, 6.45) is 3.08. The van der Waals surface area contributed by atoms with E-state index in [4.69, 9.17) is 4.74 Å². The molecule has 0 N–H and O–H groups in total. The van der Waals surface area contributed by atoms with Crippen molar-refractivity contribution in [3.8, 4) is 0 Å². The van der Waals surface area contributed by atoms with Crippen LogP contribution < -0.4 is 0 Å². The first-order valence-electron chi connectivity index (χ1n) is 7.93. The Labute approximate surface area is 126 Å². The summed E-state index contributed by atoms with van der Waals surface area (Å²) in [7, 11) is 3.97. The van der Waals surface area contributed by atoms with E-state index in [0.29, 0.717) is 6.61 Å². The van der Waals surface area contributed by atoms with E-state index in [1.54, 1.807) is 0 Å². The molecular formula is C17H35NO2. The van der Waals surface area contributed by atoms with E-state index in [9.17, 15) is 4.79 Å². The average Bonchev–Trinajstić information content (AvgIpc) is 2.37. The average molecular weight is 285 g/mol. The van der Waals surface area contributed by atoms with Gasteiger partial charge in [-0.25, -0.2) is 0 Å². The SMILES string of the molecule is CCC(C)(CC)CC(C)(C(=O)OCCN(C)C)C(C)C. The zero-order valence-corrected chi connectivity index (χ0v) is 14.9. The van der Waals surface area contributed by atoms with Crippen molar-refractivity contribution in [3.63, 3.8) is 0 Å². The van der Waals surface area contributed by atoms with Crippen LogP contribution in [0.25, 0.3) is 0 Å². The number of likely N-dealkylation sites (N-methyl/N-ethyl adjacent to an activating group) is 1. The lowest BCUT2D eigenvalue weighted by Crippen LogP contribution is -2.40. The van der Waals surface area contributed by atoms with Crippen LogP contribution in [-0.4, -0.2) is 38.1 Å². The maximum absolute atomic E-state index is 12.6. The standard InChI is InChI=1S/C17H35NO2/c1-9-16(5,10-2)13-17(6,14(3)4)15(19)20-12-11-18(7)8/h14H,9-13H2,1-8H3. The van der Waals surface area contributed by atoms with Crippen molar-refractivity contribution in [2.45, 2.75) is 60.8 Å². The number of nitrogens with zero attached hydrogens (tertiary/aromatic N) is 1. The summed E-state index contributed by atoms with van der Waals surface area (Å²) in [4.78, 5) is 14.6. The molecule has 0 aromatic rings. The Morgan fingerprint density at radius 2 is 1.65 bits per heavy atom. The van der Waals surface area contributed by atoms with E-state index >= 15 is 0 Å². The lowest BCUT2D eigenvalue weighted by molar-refractivity contribution is -0.160. The Kier molecular flexibility index (Phi) is 7.79. The molecule has 0 aliphatic heterocycles. The lowest BCUT2D eigenvalue weighted by Gasteiger charge is -2.39. The zero-order valence-electron chi connectivity index (χ0n) is 14.9. The summed E-state index contributed by atoms with van der Waals surface area (Å²) >= 11 is 0. The molecule has 3 nitrogen and oxygen atoms in total. The Morgan fingerprint density at radius 3 is 2.00 bits per heavy atom. The number of carbonyl (C=O) groups is 1. The Balaban J connectivity index is 4.87. The molecule has 0 saturated carbocycles. The van der Waals surface area contributed by atoms with Gasteiger partial charge in [-0.1, -0.05) is 47.5 Å². The molecule has 0 aliphatic rings. The summed E-state index contributed by atoms with van der Waals surface area (Å²) in [6, 6.07) is 0. The van der Waals surface area contributed by atoms with Crippen molar-refractivity contribution < 1.29 is 9.53 Å². The second-order valence-corrected chi connectivity index (χ2v) is 7.21. The first-order chi connectivity index (χ1) is 9.11. The van der Waals surface area contributed by atoms with Crippen LogP contribution in [0.4, 0.5) is 0 Å². The third kappa shape index (κ3) is 5.43. The van der Waals surface area contributed by atoms with Crippen LogP contribution in [0.1, 0.15) is 60.8 Å². The lowest BCUT2D eigenvalue weighted by atomic mass is 9.65. The van der Waals surface area contributed by atoms with Crippen LogP contribution in [-0.2, 0) is 9.53 Å². The minimum absolute atomic E-state index is 0.0394. The normalized spacial score (nSPS) is 15.5. The minimum atomic E-state index is -0.396. The van der Waals surface area contributed by atoms with Crippen LogP contribution in [0.5, 0.6) is 0 Å². The molecule has 1 unspecified atom stereocenters. The van der Waals surface area contributed by atoms with Gasteiger partial charge in [0.25, 0.3) is 0 Å². The molecule has 3 heteroatoms. The second-order valence-electron chi connectivity index (χ2n) is 7.21. The largest absolute Gasteiger partial charge is 0.464 e. The van der Waals surface area contributed by atoms with Gasteiger partial charge in [-0.2, -0.15) is 0 Å². The number of hydrogen-bond acceptors (Lipinski definition) is 3. The summed E-state index contributed by atoms with van der Waals surface area (Å²) < 4.78 is 5.53. The molecule has 1 atom stereocenters. The third-order valence-corrected chi connectivity index (χ3v) is 5.01. The summed E-state index contributed by atoms with van der Waals surface area (Å²) in [6.45, 7) is 14.3. The molecular weight excluding hydrogens is 250 g/mol. The van der Waals surface area contributed by atoms with Gasteiger partial charge in [0, 0.05) is 6.54 Å². The second kappa shape index (κ2) is 8.02. The number of ether oxygens (including phenoxy) is 1. The number of esters is 1. The highest BCUT2D eigenvalue weighted by molar-refractivity contribution is 5.76. The summed E-state index contributed by atoms with van der Waals surface area (Å²) in [5.41, 5.74) is -0.188. The zero-order chi connectivity index (χ0) is 16.0. The Morgan fingerprint density at radius 1 is 1.15 bits per heavy atom. The summed E-state index contributed by atoms with van der Waals surface area (Å²) in [5.74, 6) is 0.245. The first-order valence-corrected chi connectivity index (χ1v) is 7.93. The van der Waals surface area contributed by atoms with Gasteiger partial charge in [-0.05, 0) is 38.8 Å². The van der Waals surface area contributed by atoms with Gasteiger partial charge in [0.1, 0.15) is 6.61 Å². The molecule has 0 heterocycles. The maximum Gasteiger partial charge on any atom is 0.312 e. The predicted molar refractivity (Wildman–Crippen MR) is 85.8 cm³/mol. The van der Waals surface area contributed by atoms with Gasteiger partial charge < -0.3 is 9.64 Å². The van der Waals surface area contributed by atoms with Crippen LogP contribution in [0, 0.1) is 16.7 Å². The molecule has 0 aliphatic carbocycles. The predicted octanol–water partition coefficient (Wildman–Crippen LogP) is 3.97. The van der Waals surface area contributed by atoms with Gasteiger partial charge >= 0.3 is 5.97 Å². The summed E-state index contributed by atoms with van der Waals surface area (Å²) in [5, 5.41) is 0. The maximum atomic E-state index is 12.6. The number of carbonyl (C=O) groups excluding carboxylic acids is 1. The van der Waals surface area contributed by atoms with Crippen LogP contribution in [0.15, 0.2) is 0 Å². The molecule has 0 saturated heterocycles. The fourth-order valence-corrected chi connectivity index (χ4v) is 2.38. The molecule has 120 valence electrons. The molecule has 0 spiro atoms. The third-order valence-electron chi connectivity index (χ3n) is 5.01. The van der Waals surface area contributed by atoms with E-state index in [2.05, 4.69) is 41.5 Å². The van der Waals surface area contributed by atoms with Crippen LogP contribution in [0.2, 0.25) is 0 Å².